The molecule has 0 aliphatic carbocycles. The Bertz CT molecular complexity index is 277. The van der Waals surface area contributed by atoms with E-state index in [9.17, 15) is 8.42 Å². The topological polar surface area (TPSA) is 52.0 Å². The average Bonchev–Trinajstić information content (AvgIpc) is 2.08. The Morgan fingerprint density at radius 3 is 2.44 bits per heavy atom. The average molecular weight is 167 g/mol. The zero-order valence-electron chi connectivity index (χ0n) is 4.23. The molecule has 0 radical (unpaired) electrons. The molecule has 0 fully saturated rings. The van der Waals surface area contributed by atoms with E-state index < -0.39 is 9.24 Å². The van der Waals surface area contributed by atoms with Gasteiger partial charge >= 0.3 is 9.24 Å². The predicted octanol–water partition coefficient (Wildman–Crippen LogP) is 0.215. The minimum atomic E-state index is -3.68. The lowest BCUT2D eigenvalue weighted by Crippen LogP contribution is -2.04. The van der Waals surface area contributed by atoms with Crippen molar-refractivity contribution >= 4 is 19.9 Å². The summed E-state index contributed by atoms with van der Waals surface area (Å²) in [5, 5.41) is 3.38. The normalized spacial score (nSPS) is 11.7. The van der Waals surface area contributed by atoms with Crippen molar-refractivity contribution in [2.75, 3.05) is 0 Å². The molecule has 0 aliphatic heterocycles. The molecule has 4 nitrogen and oxygen atoms in total. The van der Waals surface area contributed by atoms with Crippen molar-refractivity contribution in [1.82, 2.24) is 9.19 Å². The van der Waals surface area contributed by atoms with E-state index in [1.807, 2.05) is 0 Å². The second-order valence-corrected chi connectivity index (χ2v) is 3.69. The molecule has 1 heterocycles. The minimum Gasteiger partial charge on any atom is -0.187 e. The molecule has 1 rings (SSSR count). The summed E-state index contributed by atoms with van der Waals surface area (Å²) < 4.78 is 21.4. The smallest absolute Gasteiger partial charge is 0.187 e. The van der Waals surface area contributed by atoms with Crippen molar-refractivity contribution < 1.29 is 8.42 Å². The Hall–Kier alpha value is -0.550. The molecule has 0 aliphatic rings. The number of hydrogen-bond acceptors (Lipinski definition) is 3. The van der Waals surface area contributed by atoms with Crippen LogP contribution in [0, 0.1) is 0 Å². The van der Waals surface area contributed by atoms with Crippen LogP contribution in [0.5, 0.6) is 0 Å². The molecule has 1 aromatic heterocycles. The van der Waals surface area contributed by atoms with Crippen molar-refractivity contribution in [2.45, 2.75) is 0 Å². The van der Waals surface area contributed by atoms with Gasteiger partial charge in [-0.2, -0.15) is 17.6 Å². The molecule has 0 atom stereocenters. The van der Waals surface area contributed by atoms with Gasteiger partial charge in [-0.25, -0.2) is 0 Å². The largest absolute Gasteiger partial charge is 0.340 e. The highest BCUT2D eigenvalue weighted by Crippen LogP contribution is 1.98. The van der Waals surface area contributed by atoms with Gasteiger partial charge in [0, 0.05) is 16.9 Å². The third kappa shape index (κ3) is 1.43. The molecule has 50 valence electrons. The van der Waals surface area contributed by atoms with Crippen LogP contribution in [0.1, 0.15) is 0 Å². The summed E-state index contributed by atoms with van der Waals surface area (Å²) in [6.45, 7) is 0. The number of nitrogens with zero attached hydrogens (tertiary/aromatic N) is 2. The fourth-order valence-electron chi connectivity index (χ4n) is 0.384. The van der Waals surface area contributed by atoms with E-state index in [1.54, 1.807) is 0 Å². The summed E-state index contributed by atoms with van der Waals surface area (Å²) >= 11 is 0. The summed E-state index contributed by atoms with van der Waals surface area (Å²) in [4.78, 5) is 0. The Balaban J connectivity index is 3.20. The molecule has 0 bridgehead atoms. The maximum atomic E-state index is 10.4. The van der Waals surface area contributed by atoms with Crippen molar-refractivity contribution in [1.29, 1.82) is 0 Å². The number of halogens is 1. The first kappa shape index (κ1) is 6.57. The molecule has 6 heteroatoms. The molecule has 0 spiro atoms. The second-order valence-electron chi connectivity index (χ2n) is 1.32. The maximum absolute atomic E-state index is 10.4. The number of aromatic nitrogens is 2. The van der Waals surface area contributed by atoms with Crippen LogP contribution in [0.2, 0.25) is 0 Å². The lowest BCUT2D eigenvalue weighted by Gasteiger charge is -1.89. The van der Waals surface area contributed by atoms with Crippen molar-refractivity contribution in [2.24, 2.45) is 0 Å². The molecule has 0 aromatic carbocycles. The first-order valence-corrected chi connectivity index (χ1v) is 4.32. The minimum absolute atomic E-state index is 0.675. The fraction of sp³-hybridized carbons (Fsp3) is 0. The van der Waals surface area contributed by atoms with E-state index in [0.717, 1.165) is 0 Å². The van der Waals surface area contributed by atoms with Crippen LogP contribution in [-0.4, -0.2) is 17.6 Å². The summed E-state index contributed by atoms with van der Waals surface area (Å²) in [6, 6.07) is 1.47. The van der Waals surface area contributed by atoms with E-state index in [1.165, 1.54) is 18.5 Å². The van der Waals surface area contributed by atoms with Crippen molar-refractivity contribution in [3.8, 4) is 0 Å². The SMILES string of the molecule is O=S(=O)(Cl)n1cccn1. The van der Waals surface area contributed by atoms with Gasteiger partial charge in [-0.1, -0.05) is 0 Å². The van der Waals surface area contributed by atoms with E-state index in [2.05, 4.69) is 5.10 Å². The summed E-state index contributed by atoms with van der Waals surface area (Å²) in [5.74, 6) is 0. The van der Waals surface area contributed by atoms with Crippen LogP contribution in [-0.2, 0) is 9.24 Å². The second kappa shape index (κ2) is 2.00. The highest BCUT2D eigenvalue weighted by atomic mass is 35.7. The van der Waals surface area contributed by atoms with Crippen LogP contribution < -0.4 is 0 Å². The van der Waals surface area contributed by atoms with Crippen LogP contribution in [0.25, 0.3) is 0 Å². The van der Waals surface area contributed by atoms with E-state index in [4.69, 9.17) is 10.7 Å². The van der Waals surface area contributed by atoms with Crippen LogP contribution in [0.15, 0.2) is 18.5 Å². The van der Waals surface area contributed by atoms with Gasteiger partial charge in [0.25, 0.3) is 0 Å². The molecule has 0 N–H and O–H groups in total. The summed E-state index contributed by atoms with van der Waals surface area (Å²) in [5.41, 5.74) is 0. The lowest BCUT2D eigenvalue weighted by atomic mass is 10.8. The van der Waals surface area contributed by atoms with E-state index in [-0.39, 0.29) is 0 Å². The zero-order chi connectivity index (χ0) is 6.91. The third-order valence-corrected chi connectivity index (χ3v) is 1.79. The summed E-state index contributed by atoms with van der Waals surface area (Å²) in [7, 11) is 1.19. The van der Waals surface area contributed by atoms with Crippen LogP contribution >= 0.6 is 10.7 Å². The first-order chi connectivity index (χ1) is 4.11. The molecular formula is C3H3ClN2O2S. The monoisotopic (exact) mass is 166 g/mol. The van der Waals surface area contributed by atoms with Gasteiger partial charge in [0.2, 0.25) is 0 Å². The van der Waals surface area contributed by atoms with E-state index >= 15 is 0 Å². The highest BCUT2D eigenvalue weighted by molar-refractivity contribution is 8.12. The van der Waals surface area contributed by atoms with Gasteiger partial charge < -0.3 is 0 Å². The van der Waals surface area contributed by atoms with Crippen LogP contribution in [0.4, 0.5) is 0 Å². The van der Waals surface area contributed by atoms with Crippen LogP contribution in [0.3, 0.4) is 0 Å². The molecular weight excluding hydrogens is 164 g/mol. The number of rotatable bonds is 1. The molecule has 0 saturated carbocycles. The lowest BCUT2D eigenvalue weighted by molar-refractivity contribution is 0.595. The standard InChI is InChI=1S/C3H3ClN2O2S/c4-9(7,8)6-3-1-2-5-6/h1-3H. The Morgan fingerprint density at radius 1 is 1.56 bits per heavy atom. The zero-order valence-corrected chi connectivity index (χ0v) is 5.80. The van der Waals surface area contributed by atoms with Gasteiger partial charge in [-0.15, -0.1) is 0 Å². The van der Waals surface area contributed by atoms with Gasteiger partial charge in [0.05, 0.1) is 6.20 Å². The molecule has 0 unspecified atom stereocenters. The number of hydrogen-bond donors (Lipinski definition) is 0. The molecule has 9 heavy (non-hydrogen) atoms. The van der Waals surface area contributed by atoms with E-state index in [0.29, 0.717) is 4.09 Å². The van der Waals surface area contributed by atoms with Gasteiger partial charge in [0.1, 0.15) is 0 Å². The Morgan fingerprint density at radius 2 is 2.22 bits per heavy atom. The molecule has 1 aromatic rings. The summed E-state index contributed by atoms with van der Waals surface area (Å²) in [6.07, 6.45) is 2.59. The third-order valence-electron chi connectivity index (χ3n) is 0.704. The highest BCUT2D eigenvalue weighted by Gasteiger charge is 2.04. The molecule has 0 amide bonds. The quantitative estimate of drug-likeness (QED) is 0.561. The van der Waals surface area contributed by atoms with Gasteiger partial charge in [0.15, 0.2) is 0 Å². The fourth-order valence-corrected chi connectivity index (χ4v) is 1.01. The Kier molecular flexibility index (Phi) is 1.46. The maximum Gasteiger partial charge on any atom is 0.340 e. The van der Waals surface area contributed by atoms with Crippen molar-refractivity contribution in [3.63, 3.8) is 0 Å². The van der Waals surface area contributed by atoms with Gasteiger partial charge in [-0.05, 0) is 6.07 Å². The predicted molar refractivity (Wildman–Crippen MR) is 32.4 cm³/mol. The van der Waals surface area contributed by atoms with Crippen molar-refractivity contribution in [3.05, 3.63) is 18.5 Å². The first-order valence-electron chi connectivity index (χ1n) is 2.05. The van der Waals surface area contributed by atoms with Gasteiger partial charge in [-0.3, -0.25) is 0 Å². The Labute approximate surface area is 56.6 Å². The molecule has 0 saturated heterocycles.